The Bertz CT molecular complexity index is 746. The Balaban J connectivity index is 2.13. The van der Waals surface area contributed by atoms with Gasteiger partial charge >= 0.3 is 0 Å². The number of nitrogens with zero attached hydrogens (tertiary/aromatic N) is 3. The Morgan fingerprint density at radius 3 is 2.15 bits per heavy atom. The van der Waals surface area contributed by atoms with E-state index in [4.69, 9.17) is 0 Å². The fourth-order valence-electron chi connectivity index (χ4n) is 2.40. The van der Waals surface area contributed by atoms with E-state index in [2.05, 4.69) is 39.3 Å². The van der Waals surface area contributed by atoms with Gasteiger partial charge in [0.1, 0.15) is 5.82 Å². The number of nitrogens with one attached hydrogen (secondary N) is 2. The van der Waals surface area contributed by atoms with Gasteiger partial charge in [0.05, 0.1) is 0 Å². The van der Waals surface area contributed by atoms with E-state index < -0.39 is 5.41 Å². The molecule has 1 amide bonds. The van der Waals surface area contributed by atoms with E-state index in [0.717, 1.165) is 36.0 Å². The molecule has 0 unspecified atom stereocenters. The zero-order valence-corrected chi connectivity index (χ0v) is 16.6. The highest BCUT2D eigenvalue weighted by atomic mass is 16.2. The van der Waals surface area contributed by atoms with Crippen molar-refractivity contribution in [2.75, 3.05) is 28.6 Å². The third-order valence-corrected chi connectivity index (χ3v) is 4.01. The maximum Gasteiger partial charge on any atom is 0.229 e. The lowest BCUT2D eigenvalue weighted by Gasteiger charge is -2.20. The SMILES string of the molecule is CCN(CC)c1cc(C)nc(Nc2ccc(NC(=O)C(C)(C)C)cc2)n1. The molecule has 0 spiro atoms. The van der Waals surface area contributed by atoms with Gasteiger partial charge in [0.25, 0.3) is 0 Å². The van der Waals surface area contributed by atoms with Gasteiger partial charge in [0.15, 0.2) is 0 Å². The second-order valence-corrected chi connectivity index (χ2v) is 7.27. The van der Waals surface area contributed by atoms with Gasteiger partial charge < -0.3 is 15.5 Å². The molecule has 0 bridgehead atoms. The second kappa shape index (κ2) is 8.17. The minimum absolute atomic E-state index is 0.0101. The third-order valence-electron chi connectivity index (χ3n) is 4.01. The molecule has 140 valence electrons. The minimum Gasteiger partial charge on any atom is -0.357 e. The smallest absolute Gasteiger partial charge is 0.229 e. The first-order valence-electron chi connectivity index (χ1n) is 9.02. The first-order valence-corrected chi connectivity index (χ1v) is 9.02. The Morgan fingerprint density at radius 2 is 1.62 bits per heavy atom. The Hall–Kier alpha value is -2.63. The number of rotatable bonds is 6. The van der Waals surface area contributed by atoms with Gasteiger partial charge in [-0.3, -0.25) is 4.79 Å². The number of hydrogen-bond acceptors (Lipinski definition) is 5. The summed E-state index contributed by atoms with van der Waals surface area (Å²) in [5.41, 5.74) is 2.13. The van der Waals surface area contributed by atoms with E-state index in [1.165, 1.54) is 0 Å². The van der Waals surface area contributed by atoms with Gasteiger partial charge in [-0.2, -0.15) is 4.98 Å². The maximum absolute atomic E-state index is 12.1. The summed E-state index contributed by atoms with van der Waals surface area (Å²) in [6, 6.07) is 9.53. The summed E-state index contributed by atoms with van der Waals surface area (Å²) in [6.07, 6.45) is 0. The van der Waals surface area contributed by atoms with Crippen molar-refractivity contribution in [1.29, 1.82) is 0 Å². The third kappa shape index (κ3) is 5.18. The van der Waals surface area contributed by atoms with E-state index in [0.29, 0.717) is 5.95 Å². The first kappa shape index (κ1) is 19.7. The Morgan fingerprint density at radius 1 is 1.04 bits per heavy atom. The molecule has 0 aliphatic carbocycles. The first-order chi connectivity index (χ1) is 12.2. The van der Waals surface area contributed by atoms with Crippen molar-refractivity contribution in [3.05, 3.63) is 36.0 Å². The fraction of sp³-hybridized carbons (Fsp3) is 0.450. The largest absolute Gasteiger partial charge is 0.357 e. The predicted molar refractivity (Wildman–Crippen MR) is 108 cm³/mol. The number of aromatic nitrogens is 2. The molecule has 2 N–H and O–H groups in total. The summed E-state index contributed by atoms with van der Waals surface area (Å²) in [5, 5.41) is 6.15. The zero-order chi connectivity index (χ0) is 19.3. The second-order valence-electron chi connectivity index (χ2n) is 7.27. The molecular formula is C20H29N5O. The lowest BCUT2D eigenvalue weighted by Crippen LogP contribution is -2.27. The van der Waals surface area contributed by atoms with Crippen LogP contribution in [0.4, 0.5) is 23.1 Å². The van der Waals surface area contributed by atoms with Gasteiger partial charge in [0.2, 0.25) is 11.9 Å². The van der Waals surface area contributed by atoms with Crippen molar-refractivity contribution >= 4 is 29.0 Å². The lowest BCUT2D eigenvalue weighted by atomic mass is 9.95. The molecule has 0 saturated carbocycles. The highest BCUT2D eigenvalue weighted by Crippen LogP contribution is 2.21. The Kier molecular flexibility index (Phi) is 6.18. The number of benzene rings is 1. The molecule has 6 heteroatoms. The van der Waals surface area contributed by atoms with Gasteiger partial charge in [-0.15, -0.1) is 0 Å². The summed E-state index contributed by atoms with van der Waals surface area (Å²) < 4.78 is 0. The van der Waals surface area contributed by atoms with Crippen LogP contribution in [0.15, 0.2) is 30.3 Å². The summed E-state index contributed by atoms with van der Waals surface area (Å²) in [5.74, 6) is 1.47. The van der Waals surface area contributed by atoms with Crippen molar-refractivity contribution in [3.63, 3.8) is 0 Å². The van der Waals surface area contributed by atoms with E-state index in [9.17, 15) is 4.79 Å². The lowest BCUT2D eigenvalue weighted by molar-refractivity contribution is -0.123. The summed E-state index contributed by atoms with van der Waals surface area (Å²) >= 11 is 0. The van der Waals surface area contributed by atoms with Crippen LogP contribution in [0.5, 0.6) is 0 Å². The average molecular weight is 355 g/mol. The molecule has 0 atom stereocenters. The monoisotopic (exact) mass is 355 g/mol. The average Bonchev–Trinajstić information content (AvgIpc) is 2.56. The van der Waals surface area contributed by atoms with Crippen LogP contribution in [0.3, 0.4) is 0 Å². The highest BCUT2D eigenvalue weighted by molar-refractivity contribution is 5.94. The fourth-order valence-corrected chi connectivity index (χ4v) is 2.40. The molecule has 0 saturated heterocycles. The van der Waals surface area contributed by atoms with Crippen LogP contribution in [-0.2, 0) is 4.79 Å². The van der Waals surface area contributed by atoms with E-state index in [-0.39, 0.29) is 5.91 Å². The standard InChI is InChI=1S/C20H29N5O/c1-7-25(8-2)17-13-14(3)21-19(24-17)23-16-11-9-15(10-12-16)22-18(26)20(4,5)6/h9-13H,7-8H2,1-6H3,(H,22,26)(H,21,23,24). The number of carbonyl (C=O) groups excluding carboxylic acids is 1. The quantitative estimate of drug-likeness (QED) is 0.806. The summed E-state index contributed by atoms with van der Waals surface area (Å²) in [4.78, 5) is 23.3. The normalized spacial score (nSPS) is 11.2. The van der Waals surface area contributed by atoms with E-state index >= 15 is 0 Å². The van der Waals surface area contributed by atoms with Gasteiger partial charge in [-0.25, -0.2) is 4.98 Å². The number of amides is 1. The van der Waals surface area contributed by atoms with Crippen molar-refractivity contribution in [3.8, 4) is 0 Å². The summed E-state index contributed by atoms with van der Waals surface area (Å²) in [7, 11) is 0. The van der Waals surface area contributed by atoms with Crippen molar-refractivity contribution in [2.45, 2.75) is 41.5 Å². The highest BCUT2D eigenvalue weighted by Gasteiger charge is 2.21. The number of hydrogen-bond donors (Lipinski definition) is 2. The van der Waals surface area contributed by atoms with Crippen LogP contribution in [0, 0.1) is 12.3 Å². The molecule has 2 aromatic rings. The van der Waals surface area contributed by atoms with E-state index in [1.807, 2.05) is 58.0 Å². The molecule has 0 fully saturated rings. The molecule has 26 heavy (non-hydrogen) atoms. The van der Waals surface area contributed by atoms with Crippen LogP contribution in [0.2, 0.25) is 0 Å². The van der Waals surface area contributed by atoms with Crippen molar-refractivity contribution in [2.24, 2.45) is 5.41 Å². The molecular weight excluding hydrogens is 326 g/mol. The van der Waals surface area contributed by atoms with Crippen LogP contribution in [0.1, 0.15) is 40.3 Å². The number of anilines is 4. The van der Waals surface area contributed by atoms with Crippen LogP contribution < -0.4 is 15.5 Å². The topological polar surface area (TPSA) is 70.2 Å². The molecule has 1 heterocycles. The molecule has 1 aromatic heterocycles. The summed E-state index contributed by atoms with van der Waals surface area (Å²) in [6.45, 7) is 13.6. The van der Waals surface area contributed by atoms with Gasteiger partial charge in [-0.05, 0) is 45.0 Å². The molecule has 6 nitrogen and oxygen atoms in total. The van der Waals surface area contributed by atoms with Crippen LogP contribution >= 0.6 is 0 Å². The van der Waals surface area contributed by atoms with Crippen molar-refractivity contribution < 1.29 is 4.79 Å². The van der Waals surface area contributed by atoms with Gasteiger partial charge in [0, 0.05) is 41.6 Å². The van der Waals surface area contributed by atoms with Crippen molar-refractivity contribution in [1.82, 2.24) is 9.97 Å². The van der Waals surface area contributed by atoms with Crippen LogP contribution in [-0.4, -0.2) is 29.0 Å². The van der Waals surface area contributed by atoms with Gasteiger partial charge in [-0.1, -0.05) is 20.8 Å². The zero-order valence-electron chi connectivity index (χ0n) is 16.6. The molecule has 2 rings (SSSR count). The number of carbonyl (C=O) groups is 1. The molecule has 0 aliphatic heterocycles. The maximum atomic E-state index is 12.1. The molecule has 0 aliphatic rings. The van der Waals surface area contributed by atoms with Crippen LogP contribution in [0.25, 0.3) is 0 Å². The predicted octanol–water partition coefficient (Wildman–Crippen LogP) is 4.36. The molecule has 1 aromatic carbocycles. The minimum atomic E-state index is -0.423. The molecule has 0 radical (unpaired) electrons. The van der Waals surface area contributed by atoms with E-state index in [1.54, 1.807) is 0 Å². The number of aryl methyl sites for hydroxylation is 1. The Labute approximate surface area is 156 Å².